The fourth-order valence-corrected chi connectivity index (χ4v) is 3.15. The first-order chi connectivity index (χ1) is 9.94. The Bertz CT molecular complexity index is 816. The van der Waals surface area contributed by atoms with Crippen molar-refractivity contribution >= 4 is 33.1 Å². The molecule has 2 aromatic rings. The third-order valence-electron chi connectivity index (χ3n) is 3.05. The predicted octanol–water partition coefficient (Wildman–Crippen LogP) is 0.959. The fourth-order valence-electron chi connectivity index (χ4n) is 2.05. The molecule has 1 aromatic heterocycles. The number of nitrogens with one attached hydrogen (secondary N) is 2. The summed E-state index contributed by atoms with van der Waals surface area (Å²) in [5.41, 5.74) is 7.08. The van der Waals surface area contributed by atoms with Crippen LogP contribution in [0.25, 0.3) is 0 Å². The van der Waals surface area contributed by atoms with Crippen molar-refractivity contribution in [2.24, 2.45) is 0 Å². The van der Waals surface area contributed by atoms with Crippen molar-refractivity contribution < 1.29 is 13.2 Å². The molecule has 4 N–H and O–H groups in total. The number of nitrogen functional groups attached to an aromatic ring is 1. The minimum atomic E-state index is -3.74. The van der Waals surface area contributed by atoms with Crippen molar-refractivity contribution in [1.82, 2.24) is 4.98 Å². The van der Waals surface area contributed by atoms with Gasteiger partial charge in [-0.2, -0.15) is 0 Å². The third kappa shape index (κ3) is 2.65. The Hall–Kier alpha value is -2.61. The van der Waals surface area contributed by atoms with Crippen molar-refractivity contribution in [2.75, 3.05) is 15.8 Å². The molecule has 1 aliphatic rings. The highest BCUT2D eigenvalue weighted by atomic mass is 32.2. The molecule has 0 aliphatic carbocycles. The van der Waals surface area contributed by atoms with Crippen LogP contribution in [-0.2, 0) is 21.2 Å². The number of hydrogen-bond acceptors (Lipinski definition) is 5. The van der Waals surface area contributed by atoms with E-state index in [4.69, 9.17) is 5.73 Å². The van der Waals surface area contributed by atoms with E-state index in [1.54, 1.807) is 6.07 Å². The van der Waals surface area contributed by atoms with E-state index in [-0.39, 0.29) is 17.2 Å². The lowest BCUT2D eigenvalue weighted by Gasteiger charge is -2.09. The van der Waals surface area contributed by atoms with E-state index >= 15 is 0 Å². The van der Waals surface area contributed by atoms with Gasteiger partial charge in [-0.15, -0.1) is 0 Å². The summed E-state index contributed by atoms with van der Waals surface area (Å²) in [7, 11) is -3.74. The lowest BCUT2D eigenvalue weighted by molar-refractivity contribution is -0.115. The minimum absolute atomic E-state index is 0.0922. The summed E-state index contributed by atoms with van der Waals surface area (Å²) in [6.45, 7) is 0. The van der Waals surface area contributed by atoms with Gasteiger partial charge in [-0.1, -0.05) is 0 Å². The number of carbonyl (C=O) groups excluding carboxylic acids is 1. The molecule has 0 atom stereocenters. The van der Waals surface area contributed by atoms with Crippen LogP contribution in [0.3, 0.4) is 0 Å². The smallest absolute Gasteiger partial charge is 0.261 e. The Balaban J connectivity index is 1.90. The topological polar surface area (TPSA) is 114 Å². The van der Waals surface area contributed by atoms with Crippen LogP contribution < -0.4 is 15.8 Å². The molecule has 0 saturated carbocycles. The second-order valence-corrected chi connectivity index (χ2v) is 6.30. The maximum Gasteiger partial charge on any atom is 0.261 e. The number of sulfonamides is 1. The van der Waals surface area contributed by atoms with Gasteiger partial charge >= 0.3 is 0 Å². The minimum Gasteiger partial charge on any atom is -0.384 e. The summed E-state index contributed by atoms with van der Waals surface area (Å²) in [6.07, 6.45) is 1.52. The van der Waals surface area contributed by atoms with E-state index < -0.39 is 10.0 Å². The zero-order valence-corrected chi connectivity index (χ0v) is 11.6. The number of rotatable bonds is 3. The van der Waals surface area contributed by atoms with Gasteiger partial charge < -0.3 is 11.1 Å². The highest BCUT2D eigenvalue weighted by Gasteiger charge is 2.21. The number of aromatic nitrogens is 1. The Kier molecular flexibility index (Phi) is 3.02. The second-order valence-electron chi connectivity index (χ2n) is 4.62. The summed E-state index contributed by atoms with van der Waals surface area (Å²) in [4.78, 5) is 15.2. The first kappa shape index (κ1) is 13.4. The van der Waals surface area contributed by atoms with Gasteiger partial charge in [-0.25, -0.2) is 13.4 Å². The first-order valence-electron chi connectivity index (χ1n) is 6.11. The van der Waals surface area contributed by atoms with E-state index in [1.165, 1.54) is 30.5 Å². The summed E-state index contributed by atoms with van der Waals surface area (Å²) in [5, 5.41) is 2.65. The molecule has 0 saturated heterocycles. The molecule has 0 radical (unpaired) electrons. The zero-order valence-electron chi connectivity index (χ0n) is 10.8. The molecule has 8 heteroatoms. The molecule has 0 fully saturated rings. The highest BCUT2D eigenvalue weighted by Crippen LogP contribution is 2.26. The second kappa shape index (κ2) is 4.74. The Morgan fingerprint density at radius 3 is 2.76 bits per heavy atom. The average molecular weight is 304 g/mol. The van der Waals surface area contributed by atoms with Gasteiger partial charge in [0.25, 0.3) is 10.0 Å². The molecule has 1 aromatic carbocycles. The maximum absolute atomic E-state index is 12.3. The molecule has 0 bridgehead atoms. The molecule has 21 heavy (non-hydrogen) atoms. The van der Waals surface area contributed by atoms with Crippen LogP contribution in [0.2, 0.25) is 0 Å². The number of hydrogen-bond donors (Lipinski definition) is 3. The molecule has 3 rings (SSSR count). The number of nitrogens with two attached hydrogens (primary N) is 1. The van der Waals surface area contributed by atoms with Gasteiger partial charge in [0, 0.05) is 5.69 Å². The van der Waals surface area contributed by atoms with E-state index in [2.05, 4.69) is 15.0 Å². The summed E-state index contributed by atoms with van der Waals surface area (Å²) in [6, 6.07) is 7.54. The summed E-state index contributed by atoms with van der Waals surface area (Å²) in [5.74, 6) is 0.162. The Morgan fingerprint density at radius 1 is 1.24 bits per heavy atom. The Labute approximate surface area is 121 Å². The molecular weight excluding hydrogens is 292 g/mol. The molecule has 1 amide bonds. The number of fused-ring (bicyclic) bond motifs is 1. The van der Waals surface area contributed by atoms with Gasteiger partial charge in [-0.05, 0) is 35.9 Å². The monoisotopic (exact) mass is 304 g/mol. The van der Waals surface area contributed by atoms with Crippen LogP contribution in [0.1, 0.15) is 5.56 Å². The number of amides is 1. The number of benzene rings is 1. The van der Waals surface area contributed by atoms with Gasteiger partial charge in [0.05, 0.1) is 23.2 Å². The molecule has 7 nitrogen and oxygen atoms in total. The van der Waals surface area contributed by atoms with Crippen molar-refractivity contribution in [2.45, 2.75) is 11.3 Å². The van der Waals surface area contributed by atoms with Crippen molar-refractivity contribution in [3.8, 4) is 0 Å². The van der Waals surface area contributed by atoms with Gasteiger partial charge in [-0.3, -0.25) is 9.52 Å². The van der Waals surface area contributed by atoms with Crippen LogP contribution in [0.5, 0.6) is 0 Å². The van der Waals surface area contributed by atoms with Crippen LogP contribution in [0, 0.1) is 0 Å². The zero-order chi connectivity index (χ0) is 15.0. The number of pyridine rings is 1. The summed E-state index contributed by atoms with van der Waals surface area (Å²) < 4.78 is 27.0. The molecular formula is C13H12N4O3S. The van der Waals surface area contributed by atoms with E-state index in [1.807, 2.05) is 0 Å². The molecule has 2 heterocycles. The molecule has 0 unspecified atom stereocenters. The molecule has 108 valence electrons. The van der Waals surface area contributed by atoms with Crippen LogP contribution in [0.15, 0.2) is 41.4 Å². The first-order valence-corrected chi connectivity index (χ1v) is 7.59. The maximum atomic E-state index is 12.3. The Morgan fingerprint density at radius 2 is 2.05 bits per heavy atom. The lowest BCUT2D eigenvalue weighted by Crippen LogP contribution is -2.13. The third-order valence-corrected chi connectivity index (χ3v) is 4.43. The van der Waals surface area contributed by atoms with Gasteiger partial charge in [0.15, 0.2) is 0 Å². The number of carbonyl (C=O) groups is 1. The van der Waals surface area contributed by atoms with E-state index in [0.29, 0.717) is 22.8 Å². The van der Waals surface area contributed by atoms with E-state index in [0.717, 1.165) is 0 Å². The largest absolute Gasteiger partial charge is 0.384 e. The molecule has 1 aliphatic heterocycles. The number of anilines is 3. The van der Waals surface area contributed by atoms with Crippen LogP contribution in [-0.4, -0.2) is 19.3 Å². The normalized spacial score (nSPS) is 13.6. The average Bonchev–Trinajstić information content (AvgIpc) is 2.80. The van der Waals surface area contributed by atoms with Crippen molar-refractivity contribution in [1.29, 1.82) is 0 Å². The standard InChI is InChI=1S/C13H12N4O3S/c14-12-4-1-9(7-15-12)17-21(19,20)10-2-3-11-8(5-10)6-13(18)16-11/h1-5,7,17H,6H2,(H2,14,15)(H,16,18). The van der Waals surface area contributed by atoms with Crippen molar-refractivity contribution in [3.05, 3.63) is 42.1 Å². The predicted molar refractivity (Wildman–Crippen MR) is 78.2 cm³/mol. The quantitative estimate of drug-likeness (QED) is 0.781. The molecule has 0 spiro atoms. The van der Waals surface area contributed by atoms with Crippen LogP contribution in [0.4, 0.5) is 17.2 Å². The van der Waals surface area contributed by atoms with E-state index in [9.17, 15) is 13.2 Å². The number of nitrogens with zero attached hydrogens (tertiary/aromatic N) is 1. The lowest BCUT2D eigenvalue weighted by atomic mass is 10.2. The van der Waals surface area contributed by atoms with Gasteiger partial charge in [0.2, 0.25) is 5.91 Å². The SMILES string of the molecule is Nc1ccc(NS(=O)(=O)c2ccc3c(c2)CC(=O)N3)cn1. The van der Waals surface area contributed by atoms with Crippen molar-refractivity contribution in [3.63, 3.8) is 0 Å². The summed E-state index contributed by atoms with van der Waals surface area (Å²) >= 11 is 0. The highest BCUT2D eigenvalue weighted by molar-refractivity contribution is 7.92. The van der Waals surface area contributed by atoms with Crippen LogP contribution >= 0.6 is 0 Å². The van der Waals surface area contributed by atoms with Gasteiger partial charge in [0.1, 0.15) is 5.82 Å². The fraction of sp³-hybridized carbons (Fsp3) is 0.0769.